The number of hydrogen-bond acceptors (Lipinski definition) is 4. The van der Waals surface area contributed by atoms with Crippen molar-refractivity contribution in [3.8, 4) is 5.75 Å². The van der Waals surface area contributed by atoms with Gasteiger partial charge in [0.05, 0.1) is 12.5 Å². The summed E-state index contributed by atoms with van der Waals surface area (Å²) in [6.45, 7) is 4.50. The summed E-state index contributed by atoms with van der Waals surface area (Å²) in [6.07, 6.45) is 1.54. The third kappa shape index (κ3) is 3.58. The van der Waals surface area contributed by atoms with Crippen molar-refractivity contribution in [1.29, 1.82) is 0 Å². The topological polar surface area (TPSA) is 47.0 Å². The van der Waals surface area contributed by atoms with E-state index in [-0.39, 0.29) is 0 Å². The number of rotatable bonds is 5. The summed E-state index contributed by atoms with van der Waals surface area (Å²) >= 11 is 5.93. The monoisotopic (exact) mass is 277 g/mol. The number of ether oxygens (including phenoxy) is 1. The van der Waals surface area contributed by atoms with Crippen molar-refractivity contribution >= 4 is 23.1 Å². The van der Waals surface area contributed by atoms with Gasteiger partial charge in [-0.3, -0.25) is 0 Å². The van der Waals surface area contributed by atoms with Crippen LogP contribution in [0.4, 0.5) is 11.5 Å². The maximum atomic E-state index is 5.93. The van der Waals surface area contributed by atoms with E-state index in [4.69, 9.17) is 16.3 Å². The van der Waals surface area contributed by atoms with Crippen LogP contribution < -0.4 is 10.1 Å². The molecule has 0 spiro atoms. The maximum Gasteiger partial charge on any atom is 0.133 e. The molecule has 4 nitrogen and oxygen atoms in total. The second kappa shape index (κ2) is 6.38. The molecule has 1 heterocycles. The zero-order chi connectivity index (χ0) is 13.7. The van der Waals surface area contributed by atoms with Crippen molar-refractivity contribution in [2.45, 2.75) is 19.7 Å². The van der Waals surface area contributed by atoms with E-state index in [9.17, 15) is 0 Å². The van der Waals surface area contributed by atoms with Crippen LogP contribution in [0.3, 0.4) is 0 Å². The van der Waals surface area contributed by atoms with E-state index in [2.05, 4.69) is 15.3 Å². The smallest absolute Gasteiger partial charge is 0.133 e. The van der Waals surface area contributed by atoms with Crippen LogP contribution in [0.25, 0.3) is 0 Å². The molecule has 0 radical (unpaired) electrons. The lowest BCUT2D eigenvalue weighted by Crippen LogP contribution is -1.99. The Labute approximate surface area is 117 Å². The van der Waals surface area contributed by atoms with Gasteiger partial charge >= 0.3 is 0 Å². The van der Waals surface area contributed by atoms with Crippen LogP contribution in [0, 0.1) is 6.92 Å². The number of anilines is 2. The van der Waals surface area contributed by atoms with Crippen LogP contribution in [-0.4, -0.2) is 16.6 Å². The van der Waals surface area contributed by atoms with Gasteiger partial charge in [0.15, 0.2) is 0 Å². The van der Waals surface area contributed by atoms with Gasteiger partial charge in [0.25, 0.3) is 0 Å². The van der Waals surface area contributed by atoms with E-state index in [1.54, 1.807) is 0 Å². The molecular weight excluding hydrogens is 262 g/mol. The lowest BCUT2D eigenvalue weighted by atomic mass is 10.2. The Morgan fingerprint density at radius 3 is 2.79 bits per heavy atom. The highest BCUT2D eigenvalue weighted by atomic mass is 35.5. The molecule has 2 rings (SSSR count). The molecule has 0 atom stereocenters. The summed E-state index contributed by atoms with van der Waals surface area (Å²) in [5, 5.41) is 3.22. The molecule has 1 N–H and O–H groups in total. The average molecular weight is 278 g/mol. The zero-order valence-corrected chi connectivity index (χ0v) is 11.7. The van der Waals surface area contributed by atoms with Crippen molar-refractivity contribution in [3.63, 3.8) is 0 Å². The van der Waals surface area contributed by atoms with Crippen LogP contribution >= 0.6 is 11.6 Å². The lowest BCUT2D eigenvalue weighted by Gasteiger charge is -2.11. The molecule has 0 fully saturated rings. The summed E-state index contributed by atoms with van der Waals surface area (Å²) in [6, 6.07) is 7.71. The number of aromatic nitrogens is 2. The van der Waals surface area contributed by atoms with Crippen molar-refractivity contribution in [1.82, 2.24) is 9.97 Å². The third-order valence-corrected chi connectivity index (χ3v) is 2.87. The zero-order valence-electron chi connectivity index (χ0n) is 11.0. The van der Waals surface area contributed by atoms with Gasteiger partial charge in [-0.25, -0.2) is 9.97 Å². The van der Waals surface area contributed by atoms with Gasteiger partial charge in [0, 0.05) is 23.0 Å². The molecule has 1 aromatic heterocycles. The summed E-state index contributed by atoms with van der Waals surface area (Å²) < 4.78 is 5.51. The van der Waals surface area contributed by atoms with E-state index in [0.29, 0.717) is 12.5 Å². The highest BCUT2D eigenvalue weighted by Gasteiger charge is 2.05. The molecule has 2 aromatic rings. The lowest BCUT2D eigenvalue weighted by molar-refractivity contribution is 0.337. The second-order valence-electron chi connectivity index (χ2n) is 4.06. The molecule has 0 unspecified atom stereocenters. The van der Waals surface area contributed by atoms with Crippen LogP contribution in [0.5, 0.6) is 5.75 Å². The SMILES string of the molecule is CCOc1ccc(Nc2cc(C)ncn2)cc1CCl. The number of halogens is 1. The number of alkyl halides is 1. The summed E-state index contributed by atoms with van der Waals surface area (Å²) in [5.74, 6) is 1.99. The normalized spacial score (nSPS) is 10.3. The third-order valence-electron chi connectivity index (χ3n) is 2.58. The second-order valence-corrected chi connectivity index (χ2v) is 4.33. The Balaban J connectivity index is 2.21. The molecule has 19 heavy (non-hydrogen) atoms. The van der Waals surface area contributed by atoms with Crippen LogP contribution in [0.1, 0.15) is 18.2 Å². The highest BCUT2D eigenvalue weighted by Crippen LogP contribution is 2.26. The largest absolute Gasteiger partial charge is 0.494 e. The quantitative estimate of drug-likeness (QED) is 0.847. The number of hydrogen-bond donors (Lipinski definition) is 1. The summed E-state index contributed by atoms with van der Waals surface area (Å²) in [4.78, 5) is 8.22. The molecular formula is C14H16ClN3O. The van der Waals surface area contributed by atoms with E-state index in [1.165, 1.54) is 6.33 Å². The Morgan fingerprint density at radius 2 is 2.11 bits per heavy atom. The average Bonchev–Trinajstić information content (AvgIpc) is 2.41. The minimum atomic E-state index is 0.410. The predicted molar refractivity (Wildman–Crippen MR) is 77.2 cm³/mol. The molecule has 100 valence electrons. The molecule has 1 aromatic carbocycles. The van der Waals surface area contributed by atoms with Crippen molar-refractivity contribution in [3.05, 3.63) is 41.9 Å². The highest BCUT2D eigenvalue weighted by molar-refractivity contribution is 6.17. The molecule has 0 aliphatic carbocycles. The Morgan fingerprint density at radius 1 is 1.26 bits per heavy atom. The van der Waals surface area contributed by atoms with E-state index >= 15 is 0 Å². The fraction of sp³-hybridized carbons (Fsp3) is 0.286. The minimum Gasteiger partial charge on any atom is -0.494 e. The first-order valence-electron chi connectivity index (χ1n) is 6.10. The van der Waals surface area contributed by atoms with Crippen LogP contribution in [0.15, 0.2) is 30.6 Å². The maximum absolute atomic E-state index is 5.93. The number of nitrogens with zero attached hydrogens (tertiary/aromatic N) is 2. The molecule has 0 bridgehead atoms. The van der Waals surface area contributed by atoms with Gasteiger partial charge in [-0.1, -0.05) is 0 Å². The molecule has 0 saturated carbocycles. The Kier molecular flexibility index (Phi) is 4.58. The van der Waals surface area contributed by atoms with Crippen LogP contribution in [-0.2, 0) is 5.88 Å². The Bertz CT molecular complexity index is 560. The first-order chi connectivity index (χ1) is 9.22. The molecule has 0 saturated heterocycles. The number of nitrogens with one attached hydrogen (secondary N) is 1. The molecule has 5 heteroatoms. The minimum absolute atomic E-state index is 0.410. The van der Waals surface area contributed by atoms with Gasteiger partial charge < -0.3 is 10.1 Å². The summed E-state index contributed by atoms with van der Waals surface area (Å²) in [7, 11) is 0. The van der Waals surface area contributed by atoms with Gasteiger partial charge in [0.1, 0.15) is 17.9 Å². The number of aryl methyl sites for hydroxylation is 1. The van der Waals surface area contributed by atoms with Crippen molar-refractivity contribution in [2.24, 2.45) is 0 Å². The van der Waals surface area contributed by atoms with E-state index < -0.39 is 0 Å². The number of benzene rings is 1. The van der Waals surface area contributed by atoms with Crippen LogP contribution in [0.2, 0.25) is 0 Å². The molecule has 0 aliphatic heterocycles. The van der Waals surface area contributed by atoms with Gasteiger partial charge in [-0.05, 0) is 32.0 Å². The fourth-order valence-corrected chi connectivity index (χ4v) is 1.94. The molecule has 0 amide bonds. The van der Waals surface area contributed by atoms with Crippen molar-refractivity contribution < 1.29 is 4.74 Å². The van der Waals surface area contributed by atoms with Gasteiger partial charge in [-0.15, -0.1) is 11.6 Å². The van der Waals surface area contributed by atoms with E-state index in [0.717, 1.165) is 28.5 Å². The van der Waals surface area contributed by atoms with Crippen molar-refractivity contribution in [2.75, 3.05) is 11.9 Å². The summed E-state index contributed by atoms with van der Waals surface area (Å²) in [5.41, 5.74) is 2.80. The fourth-order valence-electron chi connectivity index (χ4n) is 1.73. The predicted octanol–water partition coefficient (Wildman–Crippen LogP) is 3.67. The molecule has 0 aliphatic rings. The Hall–Kier alpha value is -1.81. The van der Waals surface area contributed by atoms with E-state index in [1.807, 2.05) is 38.1 Å². The van der Waals surface area contributed by atoms with Gasteiger partial charge in [0.2, 0.25) is 0 Å². The standard InChI is InChI=1S/C14H16ClN3O/c1-3-19-13-5-4-12(7-11(13)8-15)18-14-6-10(2)16-9-17-14/h4-7,9H,3,8H2,1-2H3,(H,16,17,18). The first kappa shape index (κ1) is 13.6. The first-order valence-corrected chi connectivity index (χ1v) is 6.63. The van der Waals surface area contributed by atoms with Gasteiger partial charge in [-0.2, -0.15) is 0 Å².